The van der Waals surface area contributed by atoms with Gasteiger partial charge in [0.05, 0.1) is 29.4 Å². The van der Waals surface area contributed by atoms with E-state index in [2.05, 4.69) is 75.0 Å². The Morgan fingerprint density at radius 1 is 1.19 bits per heavy atom. The lowest BCUT2D eigenvalue weighted by Gasteiger charge is -2.36. The molecule has 12 heteroatoms. The van der Waals surface area contributed by atoms with Gasteiger partial charge in [0.15, 0.2) is 8.32 Å². The zero-order valence-corrected chi connectivity index (χ0v) is 29.2. The number of rotatable bonds is 13. The predicted octanol–water partition coefficient (Wildman–Crippen LogP) is 6.92. The second-order valence-electron chi connectivity index (χ2n) is 13.5. The number of nitrogens with zero attached hydrogens (tertiary/aromatic N) is 5. The molecule has 0 fully saturated rings. The SMILES string of the molecule is CC(Cn1ccc(-c2ccc(C#N)c(Cl)c2)n1)NC(=O)c1cn(COCC[Si](C)(C)C)c(CO[Si](C)(C)C(C)(C)C)n1. The standard InChI is InChI=1S/C30H45ClN6O3Si2/c1-22(18-37-13-12-26(35-37)23-10-11-24(17-32)25(31)16-23)33-29(38)27-19-36(21-39-14-15-41(5,6)7)28(34-27)20-40-42(8,9)30(2,3)4/h10-13,16,19,22H,14-15,18,20-21H2,1-9H3,(H,33,38). The Balaban J connectivity index is 1.68. The van der Waals surface area contributed by atoms with Crippen LogP contribution in [0, 0.1) is 11.3 Å². The number of carbonyl (C=O) groups excluding carboxylic acids is 1. The van der Waals surface area contributed by atoms with Crippen molar-refractivity contribution in [3.05, 3.63) is 58.8 Å². The Labute approximate surface area is 257 Å². The number of halogens is 1. The van der Waals surface area contributed by atoms with Crippen LogP contribution in [0.25, 0.3) is 11.3 Å². The van der Waals surface area contributed by atoms with Crippen molar-refractivity contribution in [1.82, 2.24) is 24.6 Å². The third-order valence-electron chi connectivity index (χ3n) is 7.55. The highest BCUT2D eigenvalue weighted by atomic mass is 35.5. The predicted molar refractivity (Wildman–Crippen MR) is 173 cm³/mol. The molecule has 0 saturated heterocycles. The molecule has 0 bridgehead atoms. The van der Waals surface area contributed by atoms with E-state index in [0.717, 1.165) is 17.3 Å². The first-order valence-corrected chi connectivity index (χ1v) is 21.3. The molecule has 1 aromatic carbocycles. The largest absolute Gasteiger partial charge is 0.409 e. The van der Waals surface area contributed by atoms with Gasteiger partial charge in [-0.15, -0.1) is 0 Å². The molecular formula is C30H45ClN6O3Si2. The van der Waals surface area contributed by atoms with Crippen molar-refractivity contribution < 1.29 is 14.0 Å². The van der Waals surface area contributed by atoms with Crippen LogP contribution in [-0.2, 0) is 29.0 Å². The minimum absolute atomic E-state index is 0.0621. The fraction of sp³-hybridized carbons (Fsp3) is 0.533. The summed E-state index contributed by atoms with van der Waals surface area (Å²) in [5, 5.41) is 17.2. The highest BCUT2D eigenvalue weighted by molar-refractivity contribution is 6.76. The summed E-state index contributed by atoms with van der Waals surface area (Å²) in [7, 11) is -3.23. The van der Waals surface area contributed by atoms with E-state index in [-0.39, 0.29) is 17.0 Å². The zero-order chi connectivity index (χ0) is 31.3. The van der Waals surface area contributed by atoms with Crippen LogP contribution in [0.5, 0.6) is 0 Å². The van der Waals surface area contributed by atoms with Crippen LogP contribution in [0.4, 0.5) is 0 Å². The van der Waals surface area contributed by atoms with E-state index in [0.29, 0.717) is 48.6 Å². The molecular weight excluding hydrogens is 584 g/mol. The Bertz CT molecular complexity index is 1420. The maximum atomic E-state index is 13.2. The van der Waals surface area contributed by atoms with Gasteiger partial charge in [0.2, 0.25) is 0 Å². The molecule has 1 unspecified atom stereocenters. The van der Waals surface area contributed by atoms with Crippen molar-refractivity contribution in [2.24, 2.45) is 0 Å². The summed E-state index contributed by atoms with van der Waals surface area (Å²) in [5.41, 5.74) is 2.31. The highest BCUT2D eigenvalue weighted by Crippen LogP contribution is 2.37. The Hall–Kier alpha value is -2.76. The molecule has 3 rings (SSSR count). The summed E-state index contributed by atoms with van der Waals surface area (Å²) in [5.74, 6) is 0.423. The fourth-order valence-corrected chi connectivity index (χ4v) is 5.70. The molecule has 228 valence electrons. The number of carbonyl (C=O) groups is 1. The van der Waals surface area contributed by atoms with Gasteiger partial charge in [0.1, 0.15) is 24.3 Å². The number of ether oxygens (including phenoxy) is 1. The molecule has 2 aromatic heterocycles. The van der Waals surface area contributed by atoms with E-state index >= 15 is 0 Å². The lowest BCUT2D eigenvalue weighted by atomic mass is 10.1. The second kappa shape index (κ2) is 13.7. The number of nitrogens with one attached hydrogen (secondary N) is 1. The summed E-state index contributed by atoms with van der Waals surface area (Å²) in [6, 6.07) is 10.0. The molecule has 1 atom stereocenters. The Morgan fingerprint density at radius 3 is 2.52 bits per heavy atom. The van der Waals surface area contributed by atoms with Gasteiger partial charge in [-0.2, -0.15) is 10.4 Å². The van der Waals surface area contributed by atoms with E-state index in [1.165, 1.54) is 0 Å². The van der Waals surface area contributed by atoms with Crippen LogP contribution in [-0.4, -0.2) is 54.3 Å². The number of imidazole rings is 1. The molecule has 2 heterocycles. The molecule has 3 aromatic rings. The average molecular weight is 629 g/mol. The van der Waals surface area contributed by atoms with Crippen molar-refractivity contribution in [3.63, 3.8) is 0 Å². The van der Waals surface area contributed by atoms with E-state index in [1.54, 1.807) is 23.0 Å². The molecule has 1 N–H and O–H groups in total. The van der Waals surface area contributed by atoms with Gasteiger partial charge in [-0.05, 0) is 49.3 Å². The molecule has 0 radical (unpaired) electrons. The zero-order valence-electron chi connectivity index (χ0n) is 26.4. The number of hydrogen-bond acceptors (Lipinski definition) is 6. The smallest absolute Gasteiger partial charge is 0.271 e. The summed E-state index contributed by atoms with van der Waals surface area (Å²) < 4.78 is 16.1. The monoisotopic (exact) mass is 628 g/mol. The van der Waals surface area contributed by atoms with Crippen LogP contribution in [0.3, 0.4) is 0 Å². The van der Waals surface area contributed by atoms with Gasteiger partial charge >= 0.3 is 0 Å². The number of aromatic nitrogens is 4. The van der Waals surface area contributed by atoms with Crippen LogP contribution < -0.4 is 5.32 Å². The van der Waals surface area contributed by atoms with E-state index in [9.17, 15) is 4.79 Å². The maximum absolute atomic E-state index is 13.2. The Kier molecular flexibility index (Phi) is 11.0. The van der Waals surface area contributed by atoms with Gasteiger partial charge < -0.3 is 19.0 Å². The molecule has 1 amide bonds. The van der Waals surface area contributed by atoms with Gasteiger partial charge in [0, 0.05) is 38.7 Å². The summed E-state index contributed by atoms with van der Waals surface area (Å²) in [6.07, 6.45) is 3.61. The summed E-state index contributed by atoms with van der Waals surface area (Å²) in [6.45, 7) is 21.7. The number of nitriles is 1. The quantitative estimate of drug-likeness (QED) is 0.163. The van der Waals surface area contributed by atoms with Crippen LogP contribution in [0.1, 0.15) is 49.6 Å². The molecule has 42 heavy (non-hydrogen) atoms. The van der Waals surface area contributed by atoms with Gasteiger partial charge in [-0.25, -0.2) is 4.98 Å². The highest BCUT2D eigenvalue weighted by Gasteiger charge is 2.37. The van der Waals surface area contributed by atoms with Crippen molar-refractivity contribution in [3.8, 4) is 17.3 Å². The topological polar surface area (TPSA) is 107 Å². The number of amides is 1. The molecule has 0 aliphatic rings. The third kappa shape index (κ3) is 9.37. The van der Waals surface area contributed by atoms with Gasteiger partial charge in [0.25, 0.3) is 5.91 Å². The molecule has 0 aliphatic heterocycles. The van der Waals surface area contributed by atoms with Crippen molar-refractivity contribution in [1.29, 1.82) is 5.26 Å². The van der Waals surface area contributed by atoms with E-state index < -0.39 is 16.4 Å². The lowest BCUT2D eigenvalue weighted by molar-refractivity contribution is 0.0819. The van der Waals surface area contributed by atoms with Gasteiger partial charge in [-0.3, -0.25) is 9.48 Å². The maximum Gasteiger partial charge on any atom is 0.271 e. The summed E-state index contributed by atoms with van der Waals surface area (Å²) >= 11 is 6.19. The summed E-state index contributed by atoms with van der Waals surface area (Å²) in [4.78, 5) is 17.9. The second-order valence-corrected chi connectivity index (χ2v) is 24.4. The van der Waals surface area contributed by atoms with Crippen LogP contribution in [0.2, 0.25) is 48.8 Å². The average Bonchev–Trinajstić information content (AvgIpc) is 3.51. The molecule has 9 nitrogen and oxygen atoms in total. The molecule has 0 spiro atoms. The van der Waals surface area contributed by atoms with E-state index in [1.807, 2.05) is 29.8 Å². The van der Waals surface area contributed by atoms with Gasteiger partial charge in [-0.1, -0.05) is 58.1 Å². The van der Waals surface area contributed by atoms with Crippen molar-refractivity contribution >= 4 is 33.9 Å². The fourth-order valence-electron chi connectivity index (χ4n) is 3.80. The van der Waals surface area contributed by atoms with Crippen molar-refractivity contribution in [2.75, 3.05) is 6.61 Å². The molecule has 0 aliphatic carbocycles. The number of hydrogen-bond donors (Lipinski definition) is 1. The first-order chi connectivity index (χ1) is 19.5. The van der Waals surface area contributed by atoms with Crippen LogP contribution >= 0.6 is 11.6 Å². The Morgan fingerprint density at radius 2 is 1.90 bits per heavy atom. The number of benzene rings is 1. The lowest BCUT2D eigenvalue weighted by Crippen LogP contribution is -2.40. The minimum atomic E-state index is -2.01. The first kappa shape index (κ1) is 33.7. The normalized spacial score (nSPS) is 13.2. The van der Waals surface area contributed by atoms with E-state index in [4.69, 9.17) is 26.0 Å². The van der Waals surface area contributed by atoms with Crippen molar-refractivity contribution in [2.45, 2.75) is 97.4 Å². The third-order valence-corrected chi connectivity index (χ3v) is 14.0. The first-order valence-electron chi connectivity index (χ1n) is 14.3. The minimum Gasteiger partial charge on any atom is -0.409 e. The molecule has 0 saturated carbocycles. The van der Waals surface area contributed by atoms with Crippen LogP contribution in [0.15, 0.2) is 36.7 Å².